The first kappa shape index (κ1) is 22.4. The van der Waals surface area contributed by atoms with Crippen LogP contribution in [0.25, 0.3) is 6.08 Å². The number of ether oxygens (including phenoxy) is 3. The molecule has 31 heavy (non-hydrogen) atoms. The monoisotopic (exact) mass is 426 g/mol. The molecular formula is C23H30N4O4. The molecule has 0 bridgehead atoms. The first-order valence-corrected chi connectivity index (χ1v) is 10.2. The van der Waals surface area contributed by atoms with Crippen LogP contribution in [0.3, 0.4) is 0 Å². The summed E-state index contributed by atoms with van der Waals surface area (Å²) >= 11 is 0. The summed E-state index contributed by atoms with van der Waals surface area (Å²) in [6.45, 7) is 4.26. The van der Waals surface area contributed by atoms with E-state index in [1.54, 1.807) is 45.7 Å². The number of rotatable bonds is 8. The molecule has 0 saturated carbocycles. The second-order valence-electron chi connectivity index (χ2n) is 7.29. The standard InChI is InChI=1S/C23H30N4O4/c1-26-10-12-27(13-11-26)23-18(6-5-9-24-23)16-25-21(28)8-7-17-14-19(29-2)22(31-4)20(15-17)30-3/h5-9,14-15H,10-13,16H2,1-4H3,(H,25,28)/b8-7+. The first-order valence-electron chi connectivity index (χ1n) is 10.2. The van der Waals surface area contributed by atoms with Crippen LogP contribution in [0.1, 0.15) is 11.1 Å². The highest BCUT2D eigenvalue weighted by molar-refractivity contribution is 5.92. The molecule has 1 N–H and O–H groups in total. The van der Waals surface area contributed by atoms with E-state index in [0.29, 0.717) is 23.8 Å². The predicted octanol–water partition coefficient (Wildman–Crippen LogP) is 2.19. The minimum Gasteiger partial charge on any atom is -0.493 e. The lowest BCUT2D eigenvalue weighted by Crippen LogP contribution is -2.45. The van der Waals surface area contributed by atoms with Crippen molar-refractivity contribution in [2.24, 2.45) is 0 Å². The summed E-state index contributed by atoms with van der Waals surface area (Å²) in [5.41, 5.74) is 1.77. The van der Waals surface area contributed by atoms with Crippen LogP contribution in [-0.4, -0.2) is 70.3 Å². The van der Waals surface area contributed by atoms with E-state index in [-0.39, 0.29) is 5.91 Å². The molecule has 2 aromatic rings. The Morgan fingerprint density at radius 1 is 1.10 bits per heavy atom. The number of carbonyl (C=O) groups excluding carboxylic acids is 1. The number of piperazine rings is 1. The summed E-state index contributed by atoms with van der Waals surface area (Å²) in [5, 5.41) is 2.95. The van der Waals surface area contributed by atoms with Crippen LogP contribution >= 0.6 is 0 Å². The first-order chi connectivity index (χ1) is 15.0. The number of amides is 1. The van der Waals surface area contributed by atoms with E-state index in [0.717, 1.165) is 43.1 Å². The Bertz CT molecular complexity index is 899. The molecule has 0 unspecified atom stereocenters. The number of anilines is 1. The zero-order chi connectivity index (χ0) is 22.2. The van der Waals surface area contributed by atoms with E-state index in [4.69, 9.17) is 14.2 Å². The van der Waals surface area contributed by atoms with Crippen LogP contribution in [0.4, 0.5) is 5.82 Å². The molecule has 1 aromatic heterocycles. The molecule has 1 saturated heterocycles. The molecule has 1 aromatic carbocycles. The number of nitrogens with zero attached hydrogens (tertiary/aromatic N) is 3. The van der Waals surface area contributed by atoms with Gasteiger partial charge in [-0.05, 0) is 36.9 Å². The molecule has 0 radical (unpaired) electrons. The molecule has 0 atom stereocenters. The van der Waals surface area contributed by atoms with Crippen LogP contribution in [0.2, 0.25) is 0 Å². The number of aromatic nitrogens is 1. The van der Waals surface area contributed by atoms with Gasteiger partial charge in [-0.1, -0.05) is 6.07 Å². The fourth-order valence-electron chi connectivity index (χ4n) is 3.48. The summed E-state index contributed by atoms with van der Waals surface area (Å²) < 4.78 is 16.0. The molecule has 1 amide bonds. The van der Waals surface area contributed by atoms with Gasteiger partial charge in [-0.2, -0.15) is 0 Å². The third kappa shape index (κ3) is 5.67. The van der Waals surface area contributed by atoms with E-state index in [1.165, 1.54) is 6.08 Å². The number of hydrogen-bond acceptors (Lipinski definition) is 7. The zero-order valence-corrected chi connectivity index (χ0v) is 18.6. The van der Waals surface area contributed by atoms with Crippen LogP contribution in [0.15, 0.2) is 36.5 Å². The summed E-state index contributed by atoms with van der Waals surface area (Å²) in [5.74, 6) is 2.33. The quantitative estimate of drug-likeness (QED) is 0.649. The molecule has 1 fully saturated rings. The SMILES string of the molecule is COc1cc(/C=C/C(=O)NCc2cccnc2N2CCN(C)CC2)cc(OC)c1OC. The Balaban J connectivity index is 1.65. The fourth-order valence-corrected chi connectivity index (χ4v) is 3.48. The Hall–Kier alpha value is -3.26. The van der Waals surface area contributed by atoms with Gasteiger partial charge in [0.25, 0.3) is 0 Å². The van der Waals surface area contributed by atoms with Gasteiger partial charge in [-0.3, -0.25) is 4.79 Å². The van der Waals surface area contributed by atoms with Crippen molar-refractivity contribution in [3.63, 3.8) is 0 Å². The summed E-state index contributed by atoms with van der Waals surface area (Å²) in [7, 11) is 6.79. The van der Waals surface area contributed by atoms with Gasteiger partial charge in [0.1, 0.15) is 5.82 Å². The lowest BCUT2D eigenvalue weighted by Gasteiger charge is -2.34. The van der Waals surface area contributed by atoms with Gasteiger partial charge >= 0.3 is 0 Å². The summed E-state index contributed by atoms with van der Waals surface area (Å²) in [6, 6.07) is 7.48. The Labute approximate surface area is 183 Å². The van der Waals surface area contributed by atoms with E-state index < -0.39 is 0 Å². The summed E-state index contributed by atoms with van der Waals surface area (Å²) in [6.07, 6.45) is 5.00. The molecular weight excluding hydrogens is 396 g/mol. The van der Waals surface area contributed by atoms with Crippen molar-refractivity contribution >= 4 is 17.8 Å². The van der Waals surface area contributed by atoms with Crippen LogP contribution < -0.4 is 24.4 Å². The van der Waals surface area contributed by atoms with Crippen molar-refractivity contribution in [2.45, 2.75) is 6.54 Å². The average molecular weight is 427 g/mol. The van der Waals surface area contributed by atoms with Gasteiger partial charge in [0.05, 0.1) is 21.3 Å². The second-order valence-corrected chi connectivity index (χ2v) is 7.29. The van der Waals surface area contributed by atoms with Crippen LogP contribution in [0, 0.1) is 0 Å². The molecule has 166 valence electrons. The fraction of sp³-hybridized carbons (Fsp3) is 0.391. The maximum atomic E-state index is 12.4. The van der Waals surface area contributed by atoms with Crippen LogP contribution in [-0.2, 0) is 11.3 Å². The molecule has 1 aliphatic heterocycles. The Kier molecular flexibility index (Phi) is 7.72. The highest BCUT2D eigenvalue weighted by atomic mass is 16.5. The molecule has 0 spiro atoms. The van der Waals surface area contributed by atoms with E-state index in [9.17, 15) is 4.79 Å². The molecule has 0 aliphatic carbocycles. The van der Waals surface area contributed by atoms with Gasteiger partial charge in [0, 0.05) is 50.6 Å². The lowest BCUT2D eigenvalue weighted by molar-refractivity contribution is -0.116. The maximum Gasteiger partial charge on any atom is 0.244 e. The smallest absolute Gasteiger partial charge is 0.244 e. The molecule has 1 aliphatic rings. The molecule has 8 nitrogen and oxygen atoms in total. The van der Waals surface area contributed by atoms with Crippen molar-refractivity contribution in [1.29, 1.82) is 0 Å². The number of likely N-dealkylation sites (N-methyl/N-ethyl adjacent to an activating group) is 1. The number of methoxy groups -OCH3 is 3. The average Bonchev–Trinajstić information content (AvgIpc) is 2.81. The largest absolute Gasteiger partial charge is 0.493 e. The highest BCUT2D eigenvalue weighted by Crippen LogP contribution is 2.38. The normalized spacial score (nSPS) is 14.5. The Morgan fingerprint density at radius 3 is 2.39 bits per heavy atom. The minimum atomic E-state index is -0.193. The minimum absolute atomic E-state index is 0.193. The molecule has 8 heteroatoms. The molecule has 3 rings (SSSR count). The highest BCUT2D eigenvalue weighted by Gasteiger charge is 2.18. The number of carbonyl (C=O) groups is 1. The zero-order valence-electron chi connectivity index (χ0n) is 18.6. The van der Waals surface area contributed by atoms with E-state index in [2.05, 4.69) is 27.1 Å². The van der Waals surface area contributed by atoms with E-state index in [1.807, 2.05) is 12.1 Å². The van der Waals surface area contributed by atoms with Gasteiger partial charge < -0.3 is 29.3 Å². The van der Waals surface area contributed by atoms with Gasteiger partial charge in [-0.25, -0.2) is 4.98 Å². The number of hydrogen-bond donors (Lipinski definition) is 1. The van der Waals surface area contributed by atoms with Crippen molar-refractivity contribution < 1.29 is 19.0 Å². The summed E-state index contributed by atoms with van der Waals surface area (Å²) in [4.78, 5) is 21.5. The topological polar surface area (TPSA) is 76.2 Å². The second kappa shape index (κ2) is 10.7. The van der Waals surface area contributed by atoms with E-state index >= 15 is 0 Å². The molecule has 2 heterocycles. The van der Waals surface area contributed by atoms with Crippen molar-refractivity contribution in [1.82, 2.24) is 15.2 Å². The van der Waals surface area contributed by atoms with Gasteiger partial charge in [0.2, 0.25) is 11.7 Å². The van der Waals surface area contributed by atoms with Gasteiger partial charge in [-0.15, -0.1) is 0 Å². The van der Waals surface area contributed by atoms with Crippen molar-refractivity contribution in [2.75, 3.05) is 59.5 Å². The van der Waals surface area contributed by atoms with Crippen molar-refractivity contribution in [3.8, 4) is 17.2 Å². The number of nitrogens with one attached hydrogen (secondary N) is 1. The maximum absolute atomic E-state index is 12.4. The number of benzene rings is 1. The van der Waals surface area contributed by atoms with Gasteiger partial charge in [0.15, 0.2) is 11.5 Å². The predicted molar refractivity (Wildman–Crippen MR) is 121 cm³/mol. The Morgan fingerprint density at radius 2 is 1.77 bits per heavy atom. The lowest BCUT2D eigenvalue weighted by atomic mass is 10.1. The van der Waals surface area contributed by atoms with Crippen molar-refractivity contribution in [3.05, 3.63) is 47.7 Å². The number of pyridine rings is 1. The third-order valence-electron chi connectivity index (χ3n) is 5.24. The van der Waals surface area contributed by atoms with Crippen LogP contribution in [0.5, 0.6) is 17.2 Å². The third-order valence-corrected chi connectivity index (χ3v) is 5.24.